The first-order valence-electron chi connectivity index (χ1n) is 6.18. The van der Waals surface area contributed by atoms with Crippen molar-refractivity contribution < 1.29 is 0 Å². The number of nitrogens with one attached hydrogen (secondary N) is 1. The van der Waals surface area contributed by atoms with E-state index in [9.17, 15) is 0 Å². The monoisotopic (exact) mass is 237 g/mol. The third-order valence-corrected chi connectivity index (χ3v) is 3.42. The van der Waals surface area contributed by atoms with Gasteiger partial charge in [-0.1, -0.05) is 30.3 Å². The number of amidine groups is 1. The molecule has 0 saturated heterocycles. The predicted molar refractivity (Wildman–Crippen MR) is 72.7 cm³/mol. The largest absolute Gasteiger partial charge is 0.382 e. The summed E-state index contributed by atoms with van der Waals surface area (Å²) < 4.78 is 0. The van der Waals surface area contributed by atoms with Crippen LogP contribution < -0.4 is 5.73 Å². The molecule has 1 aromatic carbocycles. The van der Waals surface area contributed by atoms with Crippen molar-refractivity contribution >= 4 is 5.84 Å². The second-order valence-electron chi connectivity index (χ2n) is 4.63. The van der Waals surface area contributed by atoms with E-state index in [1.54, 1.807) is 0 Å². The normalized spacial score (nSPS) is 13.3. The fraction of sp³-hybridized carbons (Fsp3) is 0.200. The van der Waals surface area contributed by atoms with Crippen molar-refractivity contribution in [1.82, 2.24) is 4.98 Å². The van der Waals surface area contributed by atoms with E-state index >= 15 is 0 Å². The molecule has 0 atom stereocenters. The average Bonchev–Trinajstić information content (AvgIpc) is 2.57. The molecular weight excluding hydrogens is 222 g/mol. The van der Waals surface area contributed by atoms with Crippen LogP contribution in [0, 0.1) is 5.41 Å². The SMILES string of the molecule is N=C(N)c1ccc2c(n1)-c1ccccc1CCC2. The highest BCUT2D eigenvalue weighted by Gasteiger charge is 2.16. The van der Waals surface area contributed by atoms with Crippen molar-refractivity contribution in [1.29, 1.82) is 5.41 Å². The molecule has 0 fully saturated rings. The molecule has 90 valence electrons. The zero-order chi connectivity index (χ0) is 12.5. The van der Waals surface area contributed by atoms with E-state index in [-0.39, 0.29) is 5.84 Å². The zero-order valence-electron chi connectivity index (χ0n) is 10.1. The summed E-state index contributed by atoms with van der Waals surface area (Å²) in [4.78, 5) is 4.56. The van der Waals surface area contributed by atoms with Gasteiger partial charge in [0.2, 0.25) is 0 Å². The van der Waals surface area contributed by atoms with Crippen LogP contribution in [0.2, 0.25) is 0 Å². The van der Waals surface area contributed by atoms with Gasteiger partial charge in [-0.15, -0.1) is 0 Å². The molecule has 0 radical (unpaired) electrons. The highest BCUT2D eigenvalue weighted by molar-refractivity contribution is 5.93. The number of rotatable bonds is 1. The van der Waals surface area contributed by atoms with Crippen LogP contribution in [0.1, 0.15) is 23.2 Å². The van der Waals surface area contributed by atoms with Gasteiger partial charge >= 0.3 is 0 Å². The summed E-state index contributed by atoms with van der Waals surface area (Å²) in [5, 5.41) is 7.51. The van der Waals surface area contributed by atoms with Crippen LogP contribution in [0.15, 0.2) is 36.4 Å². The van der Waals surface area contributed by atoms with Crippen LogP contribution in [-0.4, -0.2) is 10.8 Å². The third-order valence-electron chi connectivity index (χ3n) is 3.42. The number of benzene rings is 1. The minimum atomic E-state index is 0.0273. The minimum absolute atomic E-state index is 0.0273. The summed E-state index contributed by atoms with van der Waals surface area (Å²) in [6.45, 7) is 0. The van der Waals surface area contributed by atoms with Gasteiger partial charge in [0.15, 0.2) is 0 Å². The lowest BCUT2D eigenvalue weighted by Gasteiger charge is -2.09. The summed E-state index contributed by atoms with van der Waals surface area (Å²) in [5.74, 6) is 0.0273. The minimum Gasteiger partial charge on any atom is -0.382 e. The van der Waals surface area contributed by atoms with Crippen molar-refractivity contribution in [3.8, 4) is 11.3 Å². The van der Waals surface area contributed by atoms with Gasteiger partial charge in [-0.05, 0) is 36.5 Å². The number of hydrogen-bond acceptors (Lipinski definition) is 2. The summed E-state index contributed by atoms with van der Waals surface area (Å²) >= 11 is 0. The molecular formula is C15H15N3. The number of hydrogen-bond donors (Lipinski definition) is 2. The number of pyridine rings is 1. The molecule has 1 aliphatic rings. The Balaban J connectivity index is 2.24. The quantitative estimate of drug-likeness (QED) is 0.591. The number of fused-ring (bicyclic) bond motifs is 3. The first-order chi connectivity index (χ1) is 8.75. The Labute approximate surface area is 106 Å². The van der Waals surface area contributed by atoms with Gasteiger partial charge in [-0.3, -0.25) is 5.41 Å². The van der Waals surface area contributed by atoms with E-state index < -0.39 is 0 Å². The van der Waals surface area contributed by atoms with Gasteiger partial charge < -0.3 is 5.73 Å². The molecule has 1 heterocycles. The summed E-state index contributed by atoms with van der Waals surface area (Å²) in [7, 11) is 0. The molecule has 18 heavy (non-hydrogen) atoms. The maximum absolute atomic E-state index is 7.51. The second kappa shape index (κ2) is 4.26. The van der Waals surface area contributed by atoms with Crippen LogP contribution in [-0.2, 0) is 12.8 Å². The van der Waals surface area contributed by atoms with E-state index in [0.29, 0.717) is 5.69 Å². The van der Waals surface area contributed by atoms with Gasteiger partial charge in [0.1, 0.15) is 11.5 Å². The van der Waals surface area contributed by atoms with Crippen LogP contribution in [0.5, 0.6) is 0 Å². The van der Waals surface area contributed by atoms with E-state index in [2.05, 4.69) is 29.2 Å². The Morgan fingerprint density at radius 3 is 2.67 bits per heavy atom. The molecule has 0 aliphatic heterocycles. The molecule has 0 saturated carbocycles. The molecule has 0 spiro atoms. The highest BCUT2D eigenvalue weighted by Crippen LogP contribution is 2.30. The number of nitrogens with zero attached hydrogens (tertiary/aromatic N) is 1. The number of aromatic nitrogens is 1. The fourth-order valence-corrected chi connectivity index (χ4v) is 2.51. The Kier molecular flexibility index (Phi) is 2.59. The van der Waals surface area contributed by atoms with Gasteiger partial charge in [0.05, 0.1) is 5.69 Å². The molecule has 0 unspecified atom stereocenters. The van der Waals surface area contributed by atoms with Gasteiger partial charge in [-0.25, -0.2) is 4.98 Å². The maximum Gasteiger partial charge on any atom is 0.141 e. The third kappa shape index (κ3) is 1.78. The van der Waals surface area contributed by atoms with Crippen LogP contribution >= 0.6 is 0 Å². The predicted octanol–water partition coefficient (Wildman–Crippen LogP) is 2.52. The van der Waals surface area contributed by atoms with Gasteiger partial charge in [0, 0.05) is 5.56 Å². The van der Waals surface area contributed by atoms with E-state index in [1.165, 1.54) is 16.7 Å². The zero-order valence-corrected chi connectivity index (χ0v) is 10.1. The molecule has 3 rings (SSSR count). The molecule has 3 N–H and O–H groups in total. The van der Waals surface area contributed by atoms with Crippen molar-refractivity contribution in [2.24, 2.45) is 5.73 Å². The van der Waals surface area contributed by atoms with Crippen molar-refractivity contribution in [3.63, 3.8) is 0 Å². The molecule has 0 amide bonds. The van der Waals surface area contributed by atoms with Gasteiger partial charge in [0.25, 0.3) is 0 Å². The smallest absolute Gasteiger partial charge is 0.141 e. The van der Waals surface area contributed by atoms with Crippen LogP contribution in [0.25, 0.3) is 11.3 Å². The van der Waals surface area contributed by atoms with E-state index in [0.717, 1.165) is 25.0 Å². The Bertz CT molecular complexity index is 617. The lowest BCUT2D eigenvalue weighted by atomic mass is 10.0. The highest BCUT2D eigenvalue weighted by atomic mass is 14.8. The molecule has 1 aromatic heterocycles. The summed E-state index contributed by atoms with van der Waals surface area (Å²) in [6.07, 6.45) is 3.27. The fourth-order valence-electron chi connectivity index (χ4n) is 2.51. The molecule has 0 bridgehead atoms. The summed E-state index contributed by atoms with van der Waals surface area (Å²) in [5.41, 5.74) is 10.9. The number of aryl methyl sites for hydroxylation is 2. The first-order valence-corrected chi connectivity index (χ1v) is 6.18. The van der Waals surface area contributed by atoms with E-state index in [4.69, 9.17) is 11.1 Å². The lowest BCUT2D eigenvalue weighted by Crippen LogP contribution is -2.13. The van der Waals surface area contributed by atoms with Crippen LogP contribution in [0.3, 0.4) is 0 Å². The van der Waals surface area contributed by atoms with Gasteiger partial charge in [-0.2, -0.15) is 0 Å². The van der Waals surface area contributed by atoms with E-state index in [1.807, 2.05) is 12.1 Å². The maximum atomic E-state index is 7.51. The topological polar surface area (TPSA) is 62.8 Å². The summed E-state index contributed by atoms with van der Waals surface area (Å²) in [6, 6.07) is 12.3. The Hall–Kier alpha value is -2.16. The standard InChI is InChI=1S/C15H15N3/c16-15(17)13-9-8-11-6-3-5-10-4-1-2-7-12(10)14(11)18-13/h1-2,4,7-9H,3,5-6H2,(H3,16,17). The number of nitrogen functional groups attached to an aromatic ring is 1. The van der Waals surface area contributed by atoms with Crippen molar-refractivity contribution in [3.05, 3.63) is 53.2 Å². The number of nitrogens with two attached hydrogens (primary N) is 1. The molecule has 2 aromatic rings. The average molecular weight is 237 g/mol. The Morgan fingerprint density at radius 1 is 1.06 bits per heavy atom. The van der Waals surface area contributed by atoms with Crippen molar-refractivity contribution in [2.45, 2.75) is 19.3 Å². The first kappa shape index (κ1) is 11.0. The second-order valence-corrected chi connectivity index (χ2v) is 4.63. The molecule has 1 aliphatic carbocycles. The molecule has 3 nitrogen and oxygen atoms in total. The van der Waals surface area contributed by atoms with Crippen LogP contribution in [0.4, 0.5) is 0 Å². The lowest BCUT2D eigenvalue weighted by molar-refractivity contribution is 0.833. The van der Waals surface area contributed by atoms with Crippen molar-refractivity contribution in [2.75, 3.05) is 0 Å². The Morgan fingerprint density at radius 2 is 1.83 bits per heavy atom. The molecule has 3 heteroatoms.